The molecule has 0 radical (unpaired) electrons. The summed E-state index contributed by atoms with van der Waals surface area (Å²) >= 11 is 0. The average Bonchev–Trinajstić information content (AvgIpc) is 2.74. The highest BCUT2D eigenvalue weighted by atomic mass is 19.1. The number of halogens is 1. The van der Waals surface area contributed by atoms with Gasteiger partial charge in [-0.3, -0.25) is 4.79 Å². The summed E-state index contributed by atoms with van der Waals surface area (Å²) in [6.07, 6.45) is 0. The number of pyridine rings is 1. The summed E-state index contributed by atoms with van der Waals surface area (Å²) in [6, 6.07) is 12.7. The second-order valence-corrected chi connectivity index (χ2v) is 7.26. The van der Waals surface area contributed by atoms with Gasteiger partial charge in [0.1, 0.15) is 5.82 Å². The second-order valence-electron chi connectivity index (χ2n) is 7.26. The van der Waals surface area contributed by atoms with Crippen LogP contribution in [0.15, 0.2) is 42.5 Å². The van der Waals surface area contributed by atoms with Gasteiger partial charge in [-0.05, 0) is 43.3 Å². The molecule has 4 rings (SSSR count). The third kappa shape index (κ3) is 3.94. The van der Waals surface area contributed by atoms with Gasteiger partial charge >= 0.3 is 0 Å². The van der Waals surface area contributed by atoms with Crippen molar-refractivity contribution >= 4 is 17.4 Å². The van der Waals surface area contributed by atoms with E-state index < -0.39 is 5.95 Å². The standard InChI is InChI=1S/C21H25FN4O2/c1-16-15-25(9-10-26(16)20-4-2-3-19(22)23-20)21(27)17-5-7-18(8-6-17)24-11-13-28-14-12-24/h2-8,16H,9-15H2,1H3. The van der Waals surface area contributed by atoms with Crippen molar-refractivity contribution in [2.45, 2.75) is 13.0 Å². The Kier molecular flexibility index (Phi) is 5.43. The van der Waals surface area contributed by atoms with E-state index in [-0.39, 0.29) is 11.9 Å². The van der Waals surface area contributed by atoms with E-state index in [1.807, 2.05) is 41.0 Å². The van der Waals surface area contributed by atoms with E-state index in [1.54, 1.807) is 12.1 Å². The first kappa shape index (κ1) is 18.7. The van der Waals surface area contributed by atoms with Crippen molar-refractivity contribution in [3.8, 4) is 0 Å². The number of aromatic nitrogens is 1. The van der Waals surface area contributed by atoms with Gasteiger partial charge in [0.25, 0.3) is 5.91 Å². The molecule has 1 aromatic heterocycles. The first-order valence-electron chi connectivity index (χ1n) is 9.73. The van der Waals surface area contributed by atoms with Gasteiger partial charge in [0.2, 0.25) is 5.95 Å². The van der Waals surface area contributed by atoms with Crippen LogP contribution < -0.4 is 9.80 Å². The zero-order valence-corrected chi connectivity index (χ0v) is 16.1. The predicted octanol–water partition coefficient (Wildman–Crippen LogP) is 2.41. The fourth-order valence-electron chi connectivity index (χ4n) is 3.86. The van der Waals surface area contributed by atoms with Gasteiger partial charge in [-0.1, -0.05) is 6.07 Å². The topological polar surface area (TPSA) is 48.9 Å². The van der Waals surface area contributed by atoms with E-state index >= 15 is 0 Å². The number of anilines is 2. The van der Waals surface area contributed by atoms with Crippen LogP contribution in [0, 0.1) is 5.95 Å². The molecule has 0 aliphatic carbocycles. The van der Waals surface area contributed by atoms with Gasteiger partial charge in [-0.25, -0.2) is 4.98 Å². The molecule has 0 bridgehead atoms. The lowest BCUT2D eigenvalue weighted by Crippen LogP contribution is -2.54. The highest BCUT2D eigenvalue weighted by Gasteiger charge is 2.28. The summed E-state index contributed by atoms with van der Waals surface area (Å²) in [6.45, 7) is 7.07. The Bertz CT molecular complexity index is 823. The van der Waals surface area contributed by atoms with E-state index in [1.165, 1.54) is 6.07 Å². The first-order valence-corrected chi connectivity index (χ1v) is 9.73. The van der Waals surface area contributed by atoms with Gasteiger partial charge in [-0.2, -0.15) is 4.39 Å². The van der Waals surface area contributed by atoms with Crippen LogP contribution in [-0.2, 0) is 4.74 Å². The summed E-state index contributed by atoms with van der Waals surface area (Å²) in [7, 11) is 0. The Balaban J connectivity index is 1.40. The normalized spacial score (nSPS) is 20.4. The minimum absolute atomic E-state index is 0.0345. The molecule has 2 aliphatic rings. The quantitative estimate of drug-likeness (QED) is 0.761. The van der Waals surface area contributed by atoms with Gasteiger partial charge in [0.05, 0.1) is 13.2 Å². The number of rotatable bonds is 3. The van der Waals surface area contributed by atoms with Crippen LogP contribution in [-0.4, -0.2) is 67.8 Å². The third-order valence-electron chi connectivity index (χ3n) is 5.40. The molecular formula is C21H25FN4O2. The number of amides is 1. The zero-order valence-electron chi connectivity index (χ0n) is 16.1. The van der Waals surface area contributed by atoms with Crippen LogP contribution in [0.5, 0.6) is 0 Å². The molecule has 0 spiro atoms. The average molecular weight is 384 g/mol. The summed E-state index contributed by atoms with van der Waals surface area (Å²) in [5.41, 5.74) is 1.82. The van der Waals surface area contributed by atoms with Crippen molar-refractivity contribution in [1.82, 2.24) is 9.88 Å². The van der Waals surface area contributed by atoms with Crippen molar-refractivity contribution in [2.24, 2.45) is 0 Å². The predicted molar refractivity (Wildman–Crippen MR) is 106 cm³/mol. The lowest BCUT2D eigenvalue weighted by molar-refractivity contribution is 0.0726. The fraction of sp³-hybridized carbons (Fsp3) is 0.429. The lowest BCUT2D eigenvalue weighted by Gasteiger charge is -2.40. The molecule has 2 fully saturated rings. The minimum atomic E-state index is -0.483. The first-order chi connectivity index (χ1) is 13.6. The number of benzene rings is 1. The molecule has 0 N–H and O–H groups in total. The molecule has 28 heavy (non-hydrogen) atoms. The molecule has 2 aromatic rings. The molecule has 148 valence electrons. The number of hydrogen-bond acceptors (Lipinski definition) is 5. The monoisotopic (exact) mass is 384 g/mol. The number of nitrogens with zero attached hydrogens (tertiary/aromatic N) is 4. The maximum atomic E-state index is 13.4. The lowest BCUT2D eigenvalue weighted by atomic mass is 10.1. The number of morpholine rings is 1. The Morgan fingerprint density at radius 2 is 1.82 bits per heavy atom. The third-order valence-corrected chi connectivity index (χ3v) is 5.40. The van der Waals surface area contributed by atoms with Crippen LogP contribution in [0.3, 0.4) is 0 Å². The van der Waals surface area contributed by atoms with Crippen molar-refractivity contribution in [2.75, 3.05) is 55.7 Å². The smallest absolute Gasteiger partial charge is 0.253 e. The highest BCUT2D eigenvalue weighted by molar-refractivity contribution is 5.94. The number of carbonyl (C=O) groups is 1. The summed E-state index contributed by atoms with van der Waals surface area (Å²) in [5, 5.41) is 0. The fourth-order valence-corrected chi connectivity index (χ4v) is 3.86. The Morgan fingerprint density at radius 1 is 1.07 bits per heavy atom. The van der Waals surface area contributed by atoms with E-state index in [9.17, 15) is 9.18 Å². The Morgan fingerprint density at radius 3 is 2.50 bits per heavy atom. The van der Waals surface area contributed by atoms with Crippen molar-refractivity contribution in [3.63, 3.8) is 0 Å². The molecule has 3 heterocycles. The van der Waals surface area contributed by atoms with Crippen LogP contribution in [0.2, 0.25) is 0 Å². The molecule has 1 atom stereocenters. The maximum absolute atomic E-state index is 13.4. The molecule has 1 unspecified atom stereocenters. The van der Waals surface area contributed by atoms with E-state index in [0.717, 1.165) is 32.0 Å². The van der Waals surface area contributed by atoms with Crippen molar-refractivity contribution < 1.29 is 13.9 Å². The number of carbonyl (C=O) groups excluding carboxylic acids is 1. The van der Waals surface area contributed by atoms with Crippen LogP contribution in [0.25, 0.3) is 0 Å². The largest absolute Gasteiger partial charge is 0.378 e. The minimum Gasteiger partial charge on any atom is -0.378 e. The van der Waals surface area contributed by atoms with E-state index in [4.69, 9.17) is 4.74 Å². The number of hydrogen-bond donors (Lipinski definition) is 0. The second kappa shape index (κ2) is 8.14. The molecule has 1 amide bonds. The van der Waals surface area contributed by atoms with Crippen LogP contribution in [0.4, 0.5) is 15.9 Å². The highest BCUT2D eigenvalue weighted by Crippen LogP contribution is 2.21. The van der Waals surface area contributed by atoms with Gasteiger partial charge in [0, 0.05) is 50.0 Å². The molecule has 2 saturated heterocycles. The molecule has 2 aliphatic heterocycles. The molecule has 6 nitrogen and oxygen atoms in total. The summed E-state index contributed by atoms with van der Waals surface area (Å²) in [4.78, 5) is 23.1. The van der Waals surface area contributed by atoms with Crippen LogP contribution in [0.1, 0.15) is 17.3 Å². The van der Waals surface area contributed by atoms with Gasteiger partial charge in [0.15, 0.2) is 0 Å². The van der Waals surface area contributed by atoms with Gasteiger partial charge < -0.3 is 19.4 Å². The maximum Gasteiger partial charge on any atom is 0.253 e. The SMILES string of the molecule is CC1CN(C(=O)c2ccc(N3CCOCC3)cc2)CCN1c1cccc(F)n1. The molecule has 1 aromatic carbocycles. The number of ether oxygens (including phenoxy) is 1. The number of piperazine rings is 1. The van der Waals surface area contributed by atoms with Crippen molar-refractivity contribution in [3.05, 3.63) is 54.0 Å². The van der Waals surface area contributed by atoms with E-state index in [0.29, 0.717) is 31.0 Å². The van der Waals surface area contributed by atoms with Gasteiger partial charge in [-0.15, -0.1) is 0 Å². The zero-order chi connectivity index (χ0) is 19.5. The summed E-state index contributed by atoms with van der Waals surface area (Å²) < 4.78 is 18.8. The molecule has 0 saturated carbocycles. The van der Waals surface area contributed by atoms with Crippen molar-refractivity contribution in [1.29, 1.82) is 0 Å². The summed E-state index contributed by atoms with van der Waals surface area (Å²) in [5.74, 6) is 0.172. The molecular weight excluding hydrogens is 359 g/mol. The van der Waals surface area contributed by atoms with Crippen LogP contribution >= 0.6 is 0 Å². The Hall–Kier alpha value is -2.67. The van der Waals surface area contributed by atoms with E-state index in [2.05, 4.69) is 9.88 Å². The Labute approximate surface area is 164 Å². The molecule has 7 heteroatoms.